The van der Waals surface area contributed by atoms with Crippen molar-refractivity contribution in [3.63, 3.8) is 0 Å². The maximum Gasteiger partial charge on any atom is 0.243 e. The molecule has 1 unspecified atom stereocenters. The summed E-state index contributed by atoms with van der Waals surface area (Å²) in [4.78, 5) is 12.8. The van der Waals surface area contributed by atoms with E-state index in [0.717, 1.165) is 0 Å². The number of benzene rings is 2. The van der Waals surface area contributed by atoms with Gasteiger partial charge in [-0.1, -0.05) is 12.1 Å². The largest absolute Gasteiger partial charge is 0.497 e. The number of hydrogen-bond acceptors (Lipinski definition) is 5. The lowest BCUT2D eigenvalue weighted by atomic mass is 10.1. The minimum atomic E-state index is -3.81. The van der Waals surface area contributed by atoms with Gasteiger partial charge < -0.3 is 10.1 Å². The number of amides is 1. The van der Waals surface area contributed by atoms with Crippen LogP contribution >= 0.6 is 0 Å². The van der Waals surface area contributed by atoms with Crippen LogP contribution in [0.4, 0.5) is 5.69 Å². The van der Waals surface area contributed by atoms with E-state index in [-0.39, 0.29) is 11.4 Å². The maximum absolute atomic E-state index is 13.0. The number of para-hydroxylation sites is 1. The second-order valence-electron chi connectivity index (χ2n) is 6.10. The molecular formula is C19H19N3O4S. The first kappa shape index (κ1) is 18.9. The second kappa shape index (κ2) is 7.78. The van der Waals surface area contributed by atoms with Gasteiger partial charge in [0, 0.05) is 6.54 Å². The van der Waals surface area contributed by atoms with E-state index in [1.807, 2.05) is 6.07 Å². The van der Waals surface area contributed by atoms with Crippen LogP contribution in [0.3, 0.4) is 0 Å². The van der Waals surface area contributed by atoms with E-state index in [9.17, 15) is 13.2 Å². The number of anilines is 1. The predicted octanol–water partition coefficient (Wildman–Crippen LogP) is 2.36. The fourth-order valence-electron chi connectivity index (χ4n) is 3.08. The lowest BCUT2D eigenvalue weighted by Crippen LogP contribution is -2.43. The summed E-state index contributed by atoms with van der Waals surface area (Å²) in [7, 11) is -2.31. The molecule has 2 aromatic carbocycles. The highest BCUT2D eigenvalue weighted by Gasteiger charge is 2.39. The SMILES string of the molecule is COc1ccc(S(=O)(=O)N2CCCC2C(=O)Nc2ccccc2C#N)cc1. The highest BCUT2D eigenvalue weighted by molar-refractivity contribution is 7.89. The Balaban J connectivity index is 1.83. The predicted molar refractivity (Wildman–Crippen MR) is 99.7 cm³/mol. The Kier molecular flexibility index (Phi) is 5.44. The Morgan fingerprint density at radius 1 is 1.22 bits per heavy atom. The summed E-state index contributed by atoms with van der Waals surface area (Å²) in [5.41, 5.74) is 0.701. The molecule has 3 rings (SSSR count). The first-order chi connectivity index (χ1) is 13.0. The number of hydrogen-bond donors (Lipinski definition) is 1. The highest BCUT2D eigenvalue weighted by Crippen LogP contribution is 2.28. The Morgan fingerprint density at radius 2 is 1.93 bits per heavy atom. The van der Waals surface area contributed by atoms with Gasteiger partial charge in [-0.15, -0.1) is 0 Å². The van der Waals surface area contributed by atoms with E-state index in [1.165, 1.54) is 23.5 Å². The van der Waals surface area contributed by atoms with Crippen LogP contribution in [0.25, 0.3) is 0 Å². The summed E-state index contributed by atoms with van der Waals surface area (Å²) in [5.74, 6) is 0.116. The van der Waals surface area contributed by atoms with Gasteiger partial charge in [0.25, 0.3) is 0 Å². The van der Waals surface area contributed by atoms with E-state index >= 15 is 0 Å². The molecule has 1 aliphatic heterocycles. The summed E-state index contributed by atoms with van der Waals surface area (Å²) in [6, 6.07) is 13.9. The molecule has 1 amide bonds. The molecular weight excluding hydrogens is 366 g/mol. The standard InChI is InChI=1S/C19H19N3O4S/c1-26-15-8-10-16(11-9-15)27(24,25)22-12-4-7-18(22)19(23)21-17-6-3-2-5-14(17)13-20/h2-3,5-6,8-11,18H,4,7,12H2,1H3,(H,21,23). The van der Waals surface area contributed by atoms with Crippen molar-refractivity contribution < 1.29 is 17.9 Å². The maximum atomic E-state index is 13.0. The van der Waals surface area contributed by atoms with Gasteiger partial charge in [0.15, 0.2) is 0 Å². The molecule has 8 heteroatoms. The zero-order valence-electron chi connectivity index (χ0n) is 14.8. The van der Waals surface area contributed by atoms with Crippen molar-refractivity contribution in [3.05, 3.63) is 54.1 Å². The summed E-state index contributed by atoms with van der Waals surface area (Å²) >= 11 is 0. The quantitative estimate of drug-likeness (QED) is 0.852. The number of rotatable bonds is 5. The fraction of sp³-hybridized carbons (Fsp3) is 0.263. The van der Waals surface area contributed by atoms with Crippen molar-refractivity contribution in [1.29, 1.82) is 5.26 Å². The van der Waals surface area contributed by atoms with Crippen molar-refractivity contribution in [2.24, 2.45) is 0 Å². The van der Waals surface area contributed by atoms with Crippen LogP contribution in [0, 0.1) is 11.3 Å². The van der Waals surface area contributed by atoms with E-state index in [0.29, 0.717) is 29.8 Å². The molecule has 27 heavy (non-hydrogen) atoms. The first-order valence-electron chi connectivity index (χ1n) is 8.43. The van der Waals surface area contributed by atoms with Crippen LogP contribution in [0.15, 0.2) is 53.4 Å². The van der Waals surface area contributed by atoms with Crippen LogP contribution < -0.4 is 10.1 Å². The lowest BCUT2D eigenvalue weighted by Gasteiger charge is -2.23. The molecule has 2 aromatic rings. The third-order valence-corrected chi connectivity index (χ3v) is 6.40. The molecule has 1 heterocycles. The van der Waals surface area contributed by atoms with E-state index < -0.39 is 22.0 Å². The molecule has 140 valence electrons. The van der Waals surface area contributed by atoms with Crippen LogP contribution in [0.2, 0.25) is 0 Å². The summed E-state index contributed by atoms with van der Waals surface area (Å²) in [5, 5.41) is 11.8. The van der Waals surface area contributed by atoms with Crippen molar-refractivity contribution in [3.8, 4) is 11.8 Å². The molecule has 1 saturated heterocycles. The molecule has 0 bridgehead atoms. The minimum absolute atomic E-state index is 0.112. The molecule has 1 fully saturated rings. The molecule has 0 saturated carbocycles. The number of nitriles is 1. The van der Waals surface area contributed by atoms with Gasteiger partial charge >= 0.3 is 0 Å². The van der Waals surface area contributed by atoms with Crippen LogP contribution in [-0.4, -0.2) is 38.3 Å². The first-order valence-corrected chi connectivity index (χ1v) is 9.87. The molecule has 1 N–H and O–H groups in total. The van der Waals surface area contributed by atoms with Gasteiger partial charge in [0.05, 0.1) is 23.3 Å². The number of sulfonamides is 1. The molecule has 0 radical (unpaired) electrons. The Hall–Kier alpha value is -2.89. The van der Waals surface area contributed by atoms with Gasteiger partial charge in [-0.25, -0.2) is 8.42 Å². The van der Waals surface area contributed by atoms with E-state index in [2.05, 4.69) is 5.32 Å². The normalized spacial score (nSPS) is 17.3. The second-order valence-corrected chi connectivity index (χ2v) is 7.99. The van der Waals surface area contributed by atoms with Crippen molar-refractivity contribution in [2.45, 2.75) is 23.8 Å². The van der Waals surface area contributed by atoms with Gasteiger partial charge in [-0.3, -0.25) is 4.79 Å². The molecule has 0 aliphatic carbocycles. The summed E-state index contributed by atoms with van der Waals surface area (Å²) in [6.07, 6.45) is 1.02. The van der Waals surface area contributed by atoms with Crippen LogP contribution in [0.5, 0.6) is 5.75 Å². The van der Waals surface area contributed by atoms with Gasteiger partial charge in [0.1, 0.15) is 17.9 Å². The zero-order valence-corrected chi connectivity index (χ0v) is 15.6. The number of nitrogens with one attached hydrogen (secondary N) is 1. The molecule has 7 nitrogen and oxygen atoms in total. The monoisotopic (exact) mass is 385 g/mol. The van der Waals surface area contributed by atoms with Crippen LogP contribution in [-0.2, 0) is 14.8 Å². The third kappa shape index (κ3) is 3.79. The Labute approximate surface area is 158 Å². The molecule has 1 aliphatic rings. The molecule has 0 spiro atoms. The number of carbonyl (C=O) groups is 1. The van der Waals surface area contributed by atoms with Crippen molar-refractivity contribution in [2.75, 3.05) is 19.0 Å². The number of ether oxygens (including phenoxy) is 1. The molecule has 1 atom stereocenters. The van der Waals surface area contributed by atoms with Crippen molar-refractivity contribution >= 4 is 21.6 Å². The van der Waals surface area contributed by atoms with Crippen molar-refractivity contribution in [1.82, 2.24) is 4.31 Å². The highest BCUT2D eigenvalue weighted by atomic mass is 32.2. The minimum Gasteiger partial charge on any atom is -0.497 e. The fourth-order valence-corrected chi connectivity index (χ4v) is 4.74. The number of carbonyl (C=O) groups excluding carboxylic acids is 1. The lowest BCUT2D eigenvalue weighted by molar-refractivity contribution is -0.119. The van der Waals surface area contributed by atoms with Gasteiger partial charge in [-0.2, -0.15) is 9.57 Å². The average Bonchev–Trinajstić information content (AvgIpc) is 3.19. The van der Waals surface area contributed by atoms with Crippen LogP contribution in [0.1, 0.15) is 18.4 Å². The average molecular weight is 385 g/mol. The van der Waals surface area contributed by atoms with Gasteiger partial charge in [-0.05, 0) is 49.2 Å². The number of methoxy groups -OCH3 is 1. The summed E-state index contributed by atoms with van der Waals surface area (Å²) in [6.45, 7) is 0.270. The van der Waals surface area contributed by atoms with E-state index in [4.69, 9.17) is 10.00 Å². The van der Waals surface area contributed by atoms with Gasteiger partial charge in [0.2, 0.25) is 15.9 Å². The number of nitrogens with zero attached hydrogens (tertiary/aromatic N) is 2. The molecule has 0 aromatic heterocycles. The smallest absolute Gasteiger partial charge is 0.243 e. The Bertz CT molecular complexity index is 981. The van der Waals surface area contributed by atoms with E-state index in [1.54, 1.807) is 36.4 Å². The Morgan fingerprint density at radius 3 is 2.59 bits per heavy atom. The zero-order chi connectivity index (χ0) is 19.4. The summed E-state index contributed by atoms with van der Waals surface area (Å²) < 4.78 is 32.2. The topological polar surface area (TPSA) is 99.5 Å². The third-order valence-electron chi connectivity index (χ3n) is 4.48.